The number of rotatable bonds is 4. The number of ether oxygens (including phenoxy) is 1. The van der Waals surface area contributed by atoms with Gasteiger partial charge < -0.3 is 19.0 Å². The number of piperazine rings is 1. The Kier molecular flexibility index (Phi) is 5.62. The fourth-order valence-corrected chi connectivity index (χ4v) is 4.04. The van der Waals surface area contributed by atoms with E-state index in [1.54, 1.807) is 28.0 Å². The number of nitrogens with one attached hydrogen (secondary N) is 2. The number of aromatic amines is 1. The second-order valence-corrected chi connectivity index (χ2v) is 7.86. The summed E-state index contributed by atoms with van der Waals surface area (Å²) in [5.74, 6) is 0.690. The van der Waals surface area contributed by atoms with Crippen LogP contribution in [-0.4, -0.2) is 65.2 Å². The first-order valence-electron chi connectivity index (χ1n) is 10.7. The van der Waals surface area contributed by atoms with Crippen molar-refractivity contribution in [2.24, 2.45) is 0 Å². The molecular formula is C24H22FN5O4. The van der Waals surface area contributed by atoms with Gasteiger partial charge in [-0.25, -0.2) is 9.18 Å². The normalized spacial score (nSPS) is 13.8. The second-order valence-electron chi connectivity index (χ2n) is 7.86. The van der Waals surface area contributed by atoms with Crippen LogP contribution in [0.5, 0.6) is 5.75 Å². The highest BCUT2D eigenvalue weighted by Gasteiger charge is 2.26. The van der Waals surface area contributed by atoms with Gasteiger partial charge in [0.05, 0.1) is 18.9 Å². The van der Waals surface area contributed by atoms with Gasteiger partial charge in [-0.15, -0.1) is 0 Å². The van der Waals surface area contributed by atoms with Crippen LogP contribution in [0.4, 0.5) is 15.0 Å². The number of aromatic nitrogens is 2. The standard InChI is InChI=1S/C24H22FN5O4/c1-33-20-7-5-16(25)14-18(20)15-4-6-17-19(13-15)27-28-22(17)26-24(32)30-10-8-29(9-11-30)23(31)21-3-2-12-34-21/h2-7,12-14H,8-11H2,1H3,(H2,26,27,28,32). The molecule has 0 aliphatic carbocycles. The zero-order valence-corrected chi connectivity index (χ0v) is 18.4. The number of H-pyrrole nitrogens is 1. The predicted octanol–water partition coefficient (Wildman–Crippen LogP) is 3.96. The first-order valence-corrected chi connectivity index (χ1v) is 10.7. The van der Waals surface area contributed by atoms with Crippen molar-refractivity contribution >= 4 is 28.7 Å². The number of urea groups is 1. The van der Waals surface area contributed by atoms with Crippen LogP contribution >= 0.6 is 0 Å². The monoisotopic (exact) mass is 463 g/mol. The van der Waals surface area contributed by atoms with Gasteiger partial charge in [0.2, 0.25) is 0 Å². The average molecular weight is 463 g/mol. The number of fused-ring (bicyclic) bond motifs is 1. The van der Waals surface area contributed by atoms with Crippen molar-refractivity contribution in [3.63, 3.8) is 0 Å². The molecule has 5 rings (SSSR count). The maximum Gasteiger partial charge on any atom is 0.323 e. The summed E-state index contributed by atoms with van der Waals surface area (Å²) in [5, 5.41) is 10.7. The molecule has 174 valence electrons. The maximum atomic E-state index is 13.8. The summed E-state index contributed by atoms with van der Waals surface area (Å²) in [6, 6.07) is 12.8. The zero-order chi connectivity index (χ0) is 23.7. The molecule has 34 heavy (non-hydrogen) atoms. The van der Waals surface area contributed by atoms with E-state index in [-0.39, 0.29) is 23.5 Å². The first kappa shape index (κ1) is 21.5. The Hall–Kier alpha value is -4.34. The molecule has 0 bridgehead atoms. The van der Waals surface area contributed by atoms with Crippen molar-refractivity contribution in [2.75, 3.05) is 38.6 Å². The van der Waals surface area contributed by atoms with E-state index >= 15 is 0 Å². The minimum Gasteiger partial charge on any atom is -0.496 e. The summed E-state index contributed by atoms with van der Waals surface area (Å²) in [5.41, 5.74) is 2.06. The largest absolute Gasteiger partial charge is 0.496 e. The van der Waals surface area contributed by atoms with E-state index < -0.39 is 0 Å². The Balaban J connectivity index is 1.27. The molecule has 3 heterocycles. The van der Waals surface area contributed by atoms with Gasteiger partial charge in [-0.3, -0.25) is 15.2 Å². The highest BCUT2D eigenvalue weighted by atomic mass is 19.1. The molecule has 1 saturated heterocycles. The molecule has 10 heteroatoms. The van der Waals surface area contributed by atoms with Gasteiger partial charge >= 0.3 is 6.03 Å². The highest BCUT2D eigenvalue weighted by Crippen LogP contribution is 2.33. The Morgan fingerprint density at radius 2 is 1.88 bits per heavy atom. The fraction of sp³-hybridized carbons (Fsp3) is 0.208. The summed E-state index contributed by atoms with van der Waals surface area (Å²) in [4.78, 5) is 28.5. The van der Waals surface area contributed by atoms with Crippen molar-refractivity contribution in [3.05, 3.63) is 66.4 Å². The number of anilines is 1. The number of hydrogen-bond acceptors (Lipinski definition) is 5. The number of amides is 3. The molecule has 0 spiro atoms. The second kappa shape index (κ2) is 8.89. The van der Waals surface area contributed by atoms with E-state index in [1.165, 1.54) is 25.5 Å². The molecule has 2 aromatic carbocycles. The summed E-state index contributed by atoms with van der Waals surface area (Å²) >= 11 is 0. The number of nitrogens with zero attached hydrogens (tertiary/aromatic N) is 3. The fourth-order valence-electron chi connectivity index (χ4n) is 4.04. The lowest BCUT2D eigenvalue weighted by Crippen LogP contribution is -2.51. The number of furan rings is 1. The summed E-state index contributed by atoms with van der Waals surface area (Å²) in [6.45, 7) is 1.61. The van der Waals surface area contributed by atoms with Gasteiger partial charge in [-0.05, 0) is 48.0 Å². The van der Waals surface area contributed by atoms with Gasteiger partial charge in [0, 0.05) is 37.1 Å². The summed E-state index contributed by atoms with van der Waals surface area (Å²) in [7, 11) is 1.53. The minimum absolute atomic E-state index is 0.186. The summed E-state index contributed by atoms with van der Waals surface area (Å²) < 4.78 is 24.3. The topological polar surface area (TPSA) is 104 Å². The molecule has 0 unspecified atom stereocenters. The predicted molar refractivity (Wildman–Crippen MR) is 123 cm³/mol. The Morgan fingerprint density at radius 3 is 2.62 bits per heavy atom. The molecule has 0 atom stereocenters. The van der Waals surface area contributed by atoms with E-state index in [2.05, 4.69) is 15.5 Å². The van der Waals surface area contributed by atoms with Crippen LogP contribution in [0.25, 0.3) is 22.0 Å². The van der Waals surface area contributed by atoms with Crippen molar-refractivity contribution in [1.82, 2.24) is 20.0 Å². The molecule has 2 aromatic heterocycles. The lowest BCUT2D eigenvalue weighted by molar-refractivity contribution is 0.0640. The van der Waals surface area contributed by atoms with Gasteiger partial charge in [0.15, 0.2) is 11.6 Å². The molecular weight excluding hydrogens is 441 g/mol. The van der Waals surface area contributed by atoms with Crippen molar-refractivity contribution in [1.29, 1.82) is 0 Å². The maximum absolute atomic E-state index is 13.8. The molecule has 1 aliphatic heterocycles. The van der Waals surface area contributed by atoms with Crippen LogP contribution in [0.3, 0.4) is 0 Å². The Morgan fingerprint density at radius 1 is 1.09 bits per heavy atom. The Labute approximate surface area is 194 Å². The quantitative estimate of drug-likeness (QED) is 0.477. The van der Waals surface area contributed by atoms with Crippen molar-refractivity contribution < 1.29 is 23.1 Å². The lowest BCUT2D eigenvalue weighted by atomic mass is 10.0. The van der Waals surface area contributed by atoms with Gasteiger partial charge in [0.25, 0.3) is 5.91 Å². The average Bonchev–Trinajstić information content (AvgIpc) is 3.54. The van der Waals surface area contributed by atoms with Crippen LogP contribution in [0.2, 0.25) is 0 Å². The van der Waals surface area contributed by atoms with E-state index in [1.807, 2.05) is 18.2 Å². The first-order chi connectivity index (χ1) is 16.5. The number of methoxy groups -OCH3 is 1. The lowest BCUT2D eigenvalue weighted by Gasteiger charge is -2.34. The van der Waals surface area contributed by atoms with E-state index in [9.17, 15) is 14.0 Å². The van der Waals surface area contributed by atoms with Gasteiger partial charge in [-0.1, -0.05) is 6.07 Å². The van der Waals surface area contributed by atoms with Crippen LogP contribution in [-0.2, 0) is 0 Å². The molecule has 1 aliphatic rings. The van der Waals surface area contributed by atoms with Gasteiger partial charge in [-0.2, -0.15) is 5.10 Å². The van der Waals surface area contributed by atoms with E-state index in [0.717, 1.165) is 10.9 Å². The van der Waals surface area contributed by atoms with Crippen LogP contribution in [0.1, 0.15) is 10.6 Å². The Bertz CT molecular complexity index is 1340. The molecule has 2 N–H and O–H groups in total. The SMILES string of the molecule is COc1ccc(F)cc1-c1ccc2c(NC(=O)N3CCN(C(=O)c4ccco4)CC3)n[nH]c2c1. The highest BCUT2D eigenvalue weighted by molar-refractivity contribution is 6.00. The molecule has 4 aromatic rings. The van der Waals surface area contributed by atoms with Crippen LogP contribution in [0, 0.1) is 5.82 Å². The zero-order valence-electron chi connectivity index (χ0n) is 18.4. The summed E-state index contributed by atoms with van der Waals surface area (Å²) in [6.07, 6.45) is 1.46. The van der Waals surface area contributed by atoms with Gasteiger partial charge in [0.1, 0.15) is 11.6 Å². The third-order valence-electron chi connectivity index (χ3n) is 5.85. The molecule has 0 radical (unpaired) electrons. The number of benzene rings is 2. The number of carbonyl (C=O) groups excluding carboxylic acids is 2. The molecule has 3 amide bonds. The molecule has 9 nitrogen and oxygen atoms in total. The van der Waals surface area contributed by atoms with Crippen molar-refractivity contribution in [3.8, 4) is 16.9 Å². The number of carbonyl (C=O) groups is 2. The molecule has 0 saturated carbocycles. The van der Waals surface area contributed by atoms with Crippen LogP contribution < -0.4 is 10.1 Å². The van der Waals surface area contributed by atoms with Crippen molar-refractivity contribution in [2.45, 2.75) is 0 Å². The number of halogens is 1. The number of hydrogen-bond donors (Lipinski definition) is 2. The third kappa shape index (κ3) is 4.05. The van der Waals surface area contributed by atoms with Crippen LogP contribution in [0.15, 0.2) is 59.2 Å². The smallest absolute Gasteiger partial charge is 0.323 e. The third-order valence-corrected chi connectivity index (χ3v) is 5.85. The molecule has 1 fully saturated rings. The van der Waals surface area contributed by atoms with E-state index in [0.29, 0.717) is 48.8 Å². The van der Waals surface area contributed by atoms with E-state index in [4.69, 9.17) is 9.15 Å². The minimum atomic E-state index is -0.362.